The number of nitrogens with one attached hydrogen (secondary N) is 2. The van der Waals surface area contributed by atoms with Crippen LogP contribution in [0.2, 0.25) is 0 Å². The zero-order valence-electron chi connectivity index (χ0n) is 13.1. The van der Waals surface area contributed by atoms with Crippen molar-refractivity contribution >= 4 is 11.8 Å². The molecule has 0 bridgehead atoms. The highest BCUT2D eigenvalue weighted by Crippen LogP contribution is 2.38. The molecular weight excluding hydrogens is 298 g/mol. The second-order valence-corrected chi connectivity index (χ2v) is 5.99. The number of ether oxygens (including phenoxy) is 1. The Labute approximate surface area is 135 Å². The number of nitrogens with zero attached hydrogens (tertiary/aromatic N) is 1. The molecule has 0 spiro atoms. The van der Waals surface area contributed by atoms with Gasteiger partial charge >= 0.3 is 0 Å². The van der Waals surface area contributed by atoms with Crippen LogP contribution in [0.15, 0.2) is 22.8 Å². The molecule has 1 aromatic rings. The first-order valence-corrected chi connectivity index (χ1v) is 8.12. The van der Waals surface area contributed by atoms with Gasteiger partial charge in [0.25, 0.3) is 0 Å². The van der Waals surface area contributed by atoms with Crippen molar-refractivity contribution in [1.29, 1.82) is 0 Å². The molecule has 126 valence electrons. The molecule has 7 nitrogen and oxygen atoms in total. The standard InChI is InChI=1S/C16H23N3O4/c20-15(17-3-4-19-5-8-22-9-6-19)13-10-14(13)16(21)18-11-12-2-1-7-23-12/h1-2,7,13-14H,3-6,8-11H2,(H,17,20)(H,18,21). The third kappa shape index (κ3) is 4.56. The summed E-state index contributed by atoms with van der Waals surface area (Å²) in [5.41, 5.74) is 0. The zero-order chi connectivity index (χ0) is 16.1. The van der Waals surface area contributed by atoms with Gasteiger partial charge in [-0.15, -0.1) is 0 Å². The van der Waals surface area contributed by atoms with E-state index >= 15 is 0 Å². The molecule has 1 aliphatic heterocycles. The monoisotopic (exact) mass is 321 g/mol. The second kappa shape index (κ2) is 7.61. The quantitative estimate of drug-likeness (QED) is 0.737. The predicted molar refractivity (Wildman–Crippen MR) is 82.4 cm³/mol. The van der Waals surface area contributed by atoms with Crippen LogP contribution in [0, 0.1) is 11.8 Å². The molecule has 2 amide bonds. The van der Waals surface area contributed by atoms with Gasteiger partial charge in [0.05, 0.1) is 37.9 Å². The lowest BCUT2D eigenvalue weighted by Crippen LogP contribution is -2.41. The Morgan fingerprint density at radius 3 is 2.61 bits per heavy atom. The summed E-state index contributed by atoms with van der Waals surface area (Å²) in [5.74, 6) is 0.237. The van der Waals surface area contributed by atoms with Crippen LogP contribution in [0.25, 0.3) is 0 Å². The van der Waals surface area contributed by atoms with E-state index in [2.05, 4.69) is 15.5 Å². The van der Waals surface area contributed by atoms with Crippen LogP contribution < -0.4 is 10.6 Å². The zero-order valence-corrected chi connectivity index (χ0v) is 13.1. The molecular formula is C16H23N3O4. The first-order chi connectivity index (χ1) is 11.2. The molecule has 2 N–H and O–H groups in total. The van der Waals surface area contributed by atoms with Crippen molar-refractivity contribution in [2.75, 3.05) is 39.4 Å². The minimum atomic E-state index is -0.201. The summed E-state index contributed by atoms with van der Waals surface area (Å²) in [4.78, 5) is 26.3. The summed E-state index contributed by atoms with van der Waals surface area (Å²) in [6.07, 6.45) is 2.21. The third-order valence-electron chi connectivity index (χ3n) is 4.31. The maximum absolute atomic E-state index is 12.0. The van der Waals surface area contributed by atoms with E-state index in [0.29, 0.717) is 25.3 Å². The molecule has 2 heterocycles. The number of rotatable bonds is 7. The van der Waals surface area contributed by atoms with Gasteiger partial charge in [-0.25, -0.2) is 0 Å². The molecule has 2 aliphatic rings. The van der Waals surface area contributed by atoms with Crippen LogP contribution in [0.3, 0.4) is 0 Å². The van der Waals surface area contributed by atoms with Gasteiger partial charge in [-0.2, -0.15) is 0 Å². The molecule has 2 atom stereocenters. The topological polar surface area (TPSA) is 83.8 Å². The molecule has 1 saturated carbocycles. The van der Waals surface area contributed by atoms with Crippen LogP contribution in [-0.2, 0) is 20.9 Å². The second-order valence-electron chi connectivity index (χ2n) is 5.99. The van der Waals surface area contributed by atoms with Crippen LogP contribution in [0.1, 0.15) is 12.2 Å². The molecule has 2 unspecified atom stereocenters. The Bertz CT molecular complexity index is 525. The first-order valence-electron chi connectivity index (χ1n) is 8.12. The van der Waals surface area contributed by atoms with E-state index < -0.39 is 0 Å². The largest absolute Gasteiger partial charge is 0.467 e. The molecule has 23 heavy (non-hydrogen) atoms. The van der Waals surface area contributed by atoms with Gasteiger partial charge in [-0.1, -0.05) is 0 Å². The Hall–Kier alpha value is -1.86. The molecule has 3 rings (SSSR count). The molecule has 2 fully saturated rings. The van der Waals surface area contributed by atoms with Crippen molar-refractivity contribution in [3.63, 3.8) is 0 Å². The highest BCUT2D eigenvalue weighted by Gasteiger charge is 2.47. The van der Waals surface area contributed by atoms with Gasteiger partial charge in [0.2, 0.25) is 11.8 Å². The minimum absolute atomic E-state index is 0.0172. The molecule has 0 radical (unpaired) electrons. The Morgan fingerprint density at radius 2 is 1.91 bits per heavy atom. The van der Waals surface area contributed by atoms with Crippen molar-refractivity contribution in [2.24, 2.45) is 11.8 Å². The van der Waals surface area contributed by atoms with E-state index in [1.807, 2.05) is 6.07 Å². The lowest BCUT2D eigenvalue weighted by molar-refractivity contribution is -0.127. The van der Waals surface area contributed by atoms with E-state index in [4.69, 9.17) is 9.15 Å². The molecule has 1 aliphatic carbocycles. The molecule has 7 heteroatoms. The average molecular weight is 321 g/mol. The van der Waals surface area contributed by atoms with Gasteiger partial charge in [0.1, 0.15) is 5.76 Å². The number of furan rings is 1. The Morgan fingerprint density at radius 1 is 1.17 bits per heavy atom. The van der Waals surface area contributed by atoms with Crippen LogP contribution in [-0.4, -0.2) is 56.1 Å². The summed E-state index contributed by atoms with van der Waals surface area (Å²) < 4.78 is 10.4. The van der Waals surface area contributed by atoms with Gasteiger partial charge in [-0.05, 0) is 18.6 Å². The number of hydrogen-bond donors (Lipinski definition) is 2. The Balaban J connectivity index is 1.31. The van der Waals surface area contributed by atoms with Gasteiger partial charge in [0.15, 0.2) is 0 Å². The highest BCUT2D eigenvalue weighted by atomic mass is 16.5. The predicted octanol–water partition coefficient (Wildman–Crippen LogP) is -0.0197. The van der Waals surface area contributed by atoms with E-state index in [9.17, 15) is 9.59 Å². The summed E-state index contributed by atoms with van der Waals surface area (Å²) in [5, 5.41) is 5.73. The van der Waals surface area contributed by atoms with Gasteiger partial charge in [0, 0.05) is 26.2 Å². The van der Waals surface area contributed by atoms with E-state index in [1.54, 1.807) is 12.3 Å². The number of morpholine rings is 1. The van der Waals surface area contributed by atoms with Crippen molar-refractivity contribution in [3.05, 3.63) is 24.2 Å². The fraction of sp³-hybridized carbons (Fsp3) is 0.625. The summed E-state index contributed by atoms with van der Waals surface area (Å²) in [7, 11) is 0. The van der Waals surface area contributed by atoms with Crippen molar-refractivity contribution < 1.29 is 18.7 Å². The van der Waals surface area contributed by atoms with Crippen molar-refractivity contribution in [2.45, 2.75) is 13.0 Å². The van der Waals surface area contributed by atoms with Gasteiger partial charge in [-0.3, -0.25) is 14.5 Å². The van der Waals surface area contributed by atoms with Gasteiger partial charge < -0.3 is 19.8 Å². The van der Waals surface area contributed by atoms with E-state index in [1.165, 1.54) is 0 Å². The van der Waals surface area contributed by atoms with Crippen LogP contribution in [0.4, 0.5) is 0 Å². The SMILES string of the molecule is O=C(NCCN1CCOCC1)C1CC1C(=O)NCc1ccco1. The van der Waals surface area contributed by atoms with E-state index in [0.717, 1.165) is 32.8 Å². The number of carbonyl (C=O) groups excluding carboxylic acids is 2. The third-order valence-corrected chi connectivity index (χ3v) is 4.31. The summed E-state index contributed by atoms with van der Waals surface area (Å²) >= 11 is 0. The molecule has 1 aromatic heterocycles. The smallest absolute Gasteiger partial charge is 0.224 e. The summed E-state index contributed by atoms with van der Waals surface area (Å²) in [6.45, 7) is 5.16. The van der Waals surface area contributed by atoms with Crippen molar-refractivity contribution in [3.8, 4) is 0 Å². The van der Waals surface area contributed by atoms with Crippen LogP contribution in [0.5, 0.6) is 0 Å². The first kappa shape index (κ1) is 16.0. The average Bonchev–Trinajstić information content (AvgIpc) is 3.21. The minimum Gasteiger partial charge on any atom is -0.467 e. The lowest BCUT2D eigenvalue weighted by atomic mass is 10.2. The lowest BCUT2D eigenvalue weighted by Gasteiger charge is -2.26. The van der Waals surface area contributed by atoms with E-state index in [-0.39, 0.29) is 23.7 Å². The molecule has 0 aromatic carbocycles. The fourth-order valence-corrected chi connectivity index (χ4v) is 2.79. The van der Waals surface area contributed by atoms with Crippen molar-refractivity contribution in [1.82, 2.24) is 15.5 Å². The summed E-state index contributed by atoms with van der Waals surface area (Å²) in [6, 6.07) is 3.59. The van der Waals surface area contributed by atoms with Crippen LogP contribution >= 0.6 is 0 Å². The highest BCUT2D eigenvalue weighted by molar-refractivity contribution is 5.92. The Kier molecular flexibility index (Phi) is 5.30. The number of hydrogen-bond acceptors (Lipinski definition) is 5. The maximum Gasteiger partial charge on any atom is 0.224 e. The number of amides is 2. The molecule has 1 saturated heterocycles. The maximum atomic E-state index is 12.0. The fourth-order valence-electron chi connectivity index (χ4n) is 2.79. The number of carbonyl (C=O) groups is 2. The normalized spacial score (nSPS) is 24.2.